The molecule has 0 aliphatic heterocycles. The smallest absolute Gasteiger partial charge is 0.379 e. The van der Waals surface area contributed by atoms with Crippen LogP contribution in [0.3, 0.4) is 0 Å². The minimum absolute atomic E-state index is 0.329. The highest BCUT2D eigenvalue weighted by Crippen LogP contribution is 2.06. The zero-order valence-electron chi connectivity index (χ0n) is 8.23. The third kappa shape index (κ3) is 2.95. The topological polar surface area (TPSA) is 43.4 Å². The number of carbonyl (C=O) groups is 2. The SMILES string of the molecule is COC(=O)C(=O)c1ccc(CC=S)cc1. The molecule has 0 unspecified atom stereocenters. The minimum atomic E-state index is -0.849. The molecule has 3 nitrogen and oxygen atoms in total. The Labute approximate surface area is 93.1 Å². The van der Waals surface area contributed by atoms with Crippen molar-refractivity contribution in [3.63, 3.8) is 0 Å². The van der Waals surface area contributed by atoms with E-state index in [-0.39, 0.29) is 0 Å². The molecule has 0 saturated carbocycles. The molecule has 0 radical (unpaired) electrons. The van der Waals surface area contributed by atoms with E-state index in [2.05, 4.69) is 4.74 Å². The Balaban J connectivity index is 2.84. The molecule has 1 rings (SSSR count). The van der Waals surface area contributed by atoms with Crippen LogP contribution in [0.2, 0.25) is 0 Å². The van der Waals surface area contributed by atoms with E-state index in [0.29, 0.717) is 12.0 Å². The van der Waals surface area contributed by atoms with Crippen LogP contribution in [0.1, 0.15) is 15.9 Å². The van der Waals surface area contributed by atoms with Gasteiger partial charge in [-0.05, 0) is 10.9 Å². The molecule has 0 aliphatic rings. The minimum Gasteiger partial charge on any atom is -0.463 e. The summed E-state index contributed by atoms with van der Waals surface area (Å²) in [5, 5.41) is 1.61. The Morgan fingerprint density at radius 2 is 1.93 bits per heavy atom. The normalized spacial score (nSPS) is 9.40. The number of methoxy groups -OCH3 is 1. The molecular weight excluding hydrogens is 212 g/mol. The summed E-state index contributed by atoms with van der Waals surface area (Å²) < 4.78 is 4.33. The molecular formula is C11H10O3S. The van der Waals surface area contributed by atoms with Crippen molar-refractivity contribution in [2.24, 2.45) is 0 Å². The molecule has 0 fully saturated rings. The van der Waals surface area contributed by atoms with Crippen molar-refractivity contribution in [3.05, 3.63) is 35.4 Å². The molecule has 0 aromatic heterocycles. The first-order chi connectivity index (χ1) is 7.19. The fourth-order valence-electron chi connectivity index (χ4n) is 1.10. The van der Waals surface area contributed by atoms with Crippen LogP contribution in [0.15, 0.2) is 24.3 Å². The predicted octanol–water partition coefficient (Wildman–Crippen LogP) is 1.58. The van der Waals surface area contributed by atoms with E-state index in [1.165, 1.54) is 7.11 Å². The molecule has 0 amide bonds. The Bertz CT molecular complexity index is 381. The van der Waals surface area contributed by atoms with Crippen LogP contribution < -0.4 is 0 Å². The van der Waals surface area contributed by atoms with Gasteiger partial charge in [0.05, 0.1) is 7.11 Å². The Hall–Kier alpha value is -1.55. The molecule has 0 spiro atoms. The van der Waals surface area contributed by atoms with E-state index in [4.69, 9.17) is 12.2 Å². The van der Waals surface area contributed by atoms with Crippen LogP contribution >= 0.6 is 12.2 Å². The maximum Gasteiger partial charge on any atom is 0.379 e. The van der Waals surface area contributed by atoms with Crippen LogP contribution in [0.25, 0.3) is 0 Å². The van der Waals surface area contributed by atoms with Gasteiger partial charge in [-0.2, -0.15) is 0 Å². The lowest BCUT2D eigenvalue weighted by molar-refractivity contribution is -0.135. The second-order valence-corrected chi connectivity index (χ2v) is 3.22. The monoisotopic (exact) mass is 222 g/mol. The van der Waals surface area contributed by atoms with Crippen LogP contribution in [-0.2, 0) is 16.0 Å². The average molecular weight is 222 g/mol. The number of ketones is 1. The lowest BCUT2D eigenvalue weighted by Crippen LogP contribution is -2.15. The van der Waals surface area contributed by atoms with Crippen molar-refractivity contribution in [1.29, 1.82) is 0 Å². The number of rotatable bonds is 4. The third-order valence-electron chi connectivity index (χ3n) is 1.91. The van der Waals surface area contributed by atoms with Gasteiger partial charge in [-0.25, -0.2) is 4.79 Å². The molecule has 1 aromatic rings. The highest BCUT2D eigenvalue weighted by molar-refractivity contribution is 7.78. The number of hydrogen-bond acceptors (Lipinski definition) is 4. The van der Waals surface area contributed by atoms with E-state index >= 15 is 0 Å². The van der Waals surface area contributed by atoms with Crippen molar-refractivity contribution < 1.29 is 14.3 Å². The summed E-state index contributed by atoms with van der Waals surface area (Å²) in [6.45, 7) is 0. The Kier molecular flexibility index (Phi) is 4.12. The highest BCUT2D eigenvalue weighted by Gasteiger charge is 2.15. The van der Waals surface area contributed by atoms with Crippen molar-refractivity contribution in [2.75, 3.05) is 7.11 Å². The molecule has 0 N–H and O–H groups in total. The maximum absolute atomic E-state index is 11.3. The molecule has 0 heterocycles. The third-order valence-corrected chi connectivity index (χ3v) is 2.07. The maximum atomic E-state index is 11.3. The first-order valence-corrected chi connectivity index (χ1v) is 4.81. The lowest BCUT2D eigenvalue weighted by atomic mass is 10.1. The second kappa shape index (κ2) is 5.36. The van der Waals surface area contributed by atoms with Gasteiger partial charge < -0.3 is 4.74 Å². The van der Waals surface area contributed by atoms with Crippen molar-refractivity contribution in [1.82, 2.24) is 0 Å². The van der Waals surface area contributed by atoms with E-state index < -0.39 is 11.8 Å². The number of ether oxygens (including phenoxy) is 1. The van der Waals surface area contributed by atoms with Gasteiger partial charge in [-0.1, -0.05) is 36.5 Å². The number of esters is 1. The zero-order valence-corrected chi connectivity index (χ0v) is 9.04. The van der Waals surface area contributed by atoms with Crippen LogP contribution in [0, 0.1) is 0 Å². The molecule has 0 atom stereocenters. The van der Waals surface area contributed by atoms with E-state index in [9.17, 15) is 9.59 Å². The van der Waals surface area contributed by atoms with Crippen molar-refractivity contribution in [2.45, 2.75) is 6.42 Å². The Morgan fingerprint density at radius 3 is 2.40 bits per heavy atom. The van der Waals surface area contributed by atoms with Crippen LogP contribution in [0.4, 0.5) is 0 Å². The highest BCUT2D eigenvalue weighted by atomic mass is 32.1. The van der Waals surface area contributed by atoms with E-state index in [0.717, 1.165) is 5.56 Å². The largest absolute Gasteiger partial charge is 0.463 e. The Morgan fingerprint density at radius 1 is 1.33 bits per heavy atom. The molecule has 1 aromatic carbocycles. The summed E-state index contributed by atoms with van der Waals surface area (Å²) in [5.74, 6) is -1.48. The first-order valence-electron chi connectivity index (χ1n) is 4.34. The van der Waals surface area contributed by atoms with Gasteiger partial charge >= 0.3 is 5.97 Å². The molecule has 0 bridgehead atoms. The van der Waals surface area contributed by atoms with Gasteiger partial charge in [0, 0.05) is 12.0 Å². The van der Waals surface area contributed by atoms with Gasteiger partial charge in [0.1, 0.15) is 0 Å². The zero-order chi connectivity index (χ0) is 11.3. The molecule has 4 heteroatoms. The van der Waals surface area contributed by atoms with Gasteiger partial charge in [-0.15, -0.1) is 0 Å². The predicted molar refractivity (Wildman–Crippen MR) is 60.1 cm³/mol. The number of hydrogen-bond donors (Lipinski definition) is 0. The summed E-state index contributed by atoms with van der Waals surface area (Å²) in [6, 6.07) is 6.71. The van der Waals surface area contributed by atoms with E-state index in [1.54, 1.807) is 29.6 Å². The number of benzene rings is 1. The number of Topliss-reactive ketones (excluding diaryl/α,β-unsaturated/α-hetero) is 1. The quantitative estimate of drug-likeness (QED) is 0.336. The summed E-state index contributed by atoms with van der Waals surface area (Å²) in [7, 11) is 1.18. The fraction of sp³-hybridized carbons (Fsp3) is 0.182. The van der Waals surface area contributed by atoms with Crippen molar-refractivity contribution in [3.8, 4) is 0 Å². The summed E-state index contributed by atoms with van der Waals surface area (Å²) >= 11 is 4.71. The average Bonchev–Trinajstić information content (AvgIpc) is 2.28. The first kappa shape index (κ1) is 11.5. The van der Waals surface area contributed by atoms with Gasteiger partial charge in [0.2, 0.25) is 0 Å². The summed E-state index contributed by atoms with van der Waals surface area (Å²) in [5.41, 5.74) is 1.33. The second-order valence-electron chi connectivity index (χ2n) is 2.89. The molecule has 78 valence electrons. The van der Waals surface area contributed by atoms with Crippen LogP contribution in [-0.4, -0.2) is 24.2 Å². The van der Waals surface area contributed by atoms with Gasteiger partial charge in [-0.3, -0.25) is 4.79 Å². The van der Waals surface area contributed by atoms with Crippen molar-refractivity contribution >= 4 is 29.3 Å². The lowest BCUT2D eigenvalue weighted by Gasteiger charge is -2.00. The summed E-state index contributed by atoms with van der Waals surface area (Å²) in [6.07, 6.45) is 0.669. The van der Waals surface area contributed by atoms with Gasteiger partial charge in [0.15, 0.2) is 0 Å². The standard InChI is InChI=1S/C11H10O3S/c1-14-11(13)10(12)9-4-2-8(3-5-9)6-7-15/h2-5,7H,6H2,1H3. The number of carbonyl (C=O) groups excluding carboxylic acids is 2. The number of thiocarbonyl (C=S) groups is 1. The molecule has 0 saturated heterocycles. The fourth-order valence-corrected chi connectivity index (χ4v) is 1.29. The van der Waals surface area contributed by atoms with Gasteiger partial charge in [0.25, 0.3) is 5.78 Å². The summed E-state index contributed by atoms with van der Waals surface area (Å²) in [4.78, 5) is 22.3. The molecule has 0 aliphatic carbocycles. The van der Waals surface area contributed by atoms with E-state index in [1.807, 2.05) is 0 Å². The van der Waals surface area contributed by atoms with Crippen LogP contribution in [0.5, 0.6) is 0 Å². The molecule has 15 heavy (non-hydrogen) atoms.